The van der Waals surface area contributed by atoms with Crippen molar-refractivity contribution in [2.75, 3.05) is 19.0 Å². The second-order valence-corrected chi connectivity index (χ2v) is 7.07. The molecule has 0 heterocycles. The number of hydrogen-bond donors (Lipinski definition) is 0. The van der Waals surface area contributed by atoms with Gasteiger partial charge in [-0.2, -0.15) is 0 Å². The fourth-order valence-electron chi connectivity index (χ4n) is 3.00. The summed E-state index contributed by atoms with van der Waals surface area (Å²) in [6, 6.07) is 26.3. The van der Waals surface area contributed by atoms with Gasteiger partial charge in [-0.3, -0.25) is 4.79 Å². The van der Waals surface area contributed by atoms with Gasteiger partial charge in [0.1, 0.15) is 0 Å². The molecule has 1 amide bonds. The molecule has 27 heavy (non-hydrogen) atoms. The molecule has 0 fully saturated rings. The van der Waals surface area contributed by atoms with Gasteiger partial charge in [-0.05, 0) is 42.3 Å². The zero-order valence-electron chi connectivity index (χ0n) is 16.2. The summed E-state index contributed by atoms with van der Waals surface area (Å²) in [5.41, 5.74) is 5.28. The Labute approximate surface area is 161 Å². The van der Waals surface area contributed by atoms with E-state index in [1.54, 1.807) is 0 Å². The standard InChI is InChI=1S/C24H26N2O/c1-19-9-13-22(14-10-19)24(27)26(17-20-7-5-4-6-8-20)18-21-11-15-23(16-12-21)25(2)3/h4-16H,17-18H2,1-3H3. The molecular formula is C24H26N2O. The van der Waals surface area contributed by atoms with Crippen LogP contribution in [0.25, 0.3) is 0 Å². The first kappa shape index (κ1) is 18.7. The molecule has 0 saturated carbocycles. The fraction of sp³-hybridized carbons (Fsp3) is 0.208. The molecule has 0 saturated heterocycles. The van der Waals surface area contributed by atoms with Gasteiger partial charge in [0.2, 0.25) is 0 Å². The third-order valence-corrected chi connectivity index (χ3v) is 4.63. The van der Waals surface area contributed by atoms with Gasteiger partial charge in [0.15, 0.2) is 0 Å². The van der Waals surface area contributed by atoms with Crippen LogP contribution in [0.15, 0.2) is 78.9 Å². The maximum atomic E-state index is 13.2. The lowest BCUT2D eigenvalue weighted by Gasteiger charge is -2.24. The van der Waals surface area contributed by atoms with Gasteiger partial charge in [0.05, 0.1) is 0 Å². The molecule has 0 aliphatic rings. The van der Waals surface area contributed by atoms with Gasteiger partial charge in [-0.1, -0.05) is 60.2 Å². The predicted octanol–water partition coefficient (Wildman–Crippen LogP) is 4.90. The normalized spacial score (nSPS) is 10.5. The monoisotopic (exact) mass is 358 g/mol. The third-order valence-electron chi connectivity index (χ3n) is 4.63. The summed E-state index contributed by atoms with van der Waals surface area (Å²) in [4.78, 5) is 17.1. The van der Waals surface area contributed by atoms with Crippen molar-refractivity contribution in [2.24, 2.45) is 0 Å². The molecule has 3 nitrogen and oxygen atoms in total. The highest BCUT2D eigenvalue weighted by Gasteiger charge is 2.17. The van der Waals surface area contributed by atoms with Crippen LogP contribution in [0, 0.1) is 6.92 Å². The van der Waals surface area contributed by atoms with Crippen LogP contribution in [0.4, 0.5) is 5.69 Å². The molecule has 0 N–H and O–H groups in total. The summed E-state index contributed by atoms with van der Waals surface area (Å²) >= 11 is 0. The molecule has 0 aliphatic carbocycles. The van der Waals surface area contributed by atoms with Crippen molar-refractivity contribution in [1.82, 2.24) is 4.90 Å². The first-order chi connectivity index (χ1) is 13.0. The van der Waals surface area contributed by atoms with E-state index in [9.17, 15) is 4.79 Å². The average Bonchev–Trinajstić information content (AvgIpc) is 2.69. The average molecular weight is 358 g/mol. The van der Waals surface area contributed by atoms with E-state index in [-0.39, 0.29) is 5.91 Å². The number of rotatable bonds is 6. The van der Waals surface area contributed by atoms with Crippen LogP contribution in [0.1, 0.15) is 27.0 Å². The van der Waals surface area contributed by atoms with Crippen LogP contribution >= 0.6 is 0 Å². The topological polar surface area (TPSA) is 23.6 Å². The van der Waals surface area contributed by atoms with Crippen LogP contribution in [0.5, 0.6) is 0 Å². The van der Waals surface area contributed by atoms with Crippen LogP contribution in [-0.4, -0.2) is 24.9 Å². The van der Waals surface area contributed by atoms with E-state index in [4.69, 9.17) is 0 Å². The highest BCUT2D eigenvalue weighted by atomic mass is 16.2. The van der Waals surface area contributed by atoms with E-state index >= 15 is 0 Å². The van der Waals surface area contributed by atoms with Crippen LogP contribution in [0.3, 0.4) is 0 Å². The highest BCUT2D eigenvalue weighted by molar-refractivity contribution is 5.94. The van der Waals surface area contributed by atoms with Gasteiger partial charge in [-0.25, -0.2) is 0 Å². The molecule has 0 aromatic heterocycles. The van der Waals surface area contributed by atoms with Crippen molar-refractivity contribution in [1.29, 1.82) is 0 Å². The Balaban J connectivity index is 1.84. The Bertz CT molecular complexity index is 869. The molecule has 3 aromatic rings. The number of hydrogen-bond acceptors (Lipinski definition) is 2. The lowest BCUT2D eigenvalue weighted by atomic mass is 10.1. The number of amides is 1. The second-order valence-electron chi connectivity index (χ2n) is 7.07. The Morgan fingerprint density at radius 1 is 0.741 bits per heavy atom. The Hall–Kier alpha value is -3.07. The molecule has 0 spiro atoms. The Kier molecular flexibility index (Phi) is 5.92. The minimum Gasteiger partial charge on any atom is -0.378 e. The Morgan fingerprint density at radius 2 is 1.30 bits per heavy atom. The molecule has 3 rings (SSSR count). The second kappa shape index (κ2) is 8.54. The van der Waals surface area contributed by atoms with Crippen molar-refractivity contribution < 1.29 is 4.79 Å². The number of carbonyl (C=O) groups is 1. The zero-order valence-corrected chi connectivity index (χ0v) is 16.2. The van der Waals surface area contributed by atoms with Crippen molar-refractivity contribution in [3.8, 4) is 0 Å². The molecule has 3 aromatic carbocycles. The van der Waals surface area contributed by atoms with E-state index in [0.717, 1.165) is 27.9 Å². The van der Waals surface area contributed by atoms with E-state index < -0.39 is 0 Å². The first-order valence-corrected chi connectivity index (χ1v) is 9.19. The summed E-state index contributed by atoms with van der Waals surface area (Å²) in [6.45, 7) is 3.20. The van der Waals surface area contributed by atoms with Gasteiger partial charge >= 0.3 is 0 Å². The quantitative estimate of drug-likeness (QED) is 0.625. The maximum absolute atomic E-state index is 13.2. The minimum absolute atomic E-state index is 0.0514. The summed E-state index contributed by atoms with van der Waals surface area (Å²) in [6.07, 6.45) is 0. The van der Waals surface area contributed by atoms with Crippen LogP contribution in [-0.2, 0) is 13.1 Å². The molecule has 3 heteroatoms. The van der Waals surface area contributed by atoms with E-state index in [1.165, 1.54) is 0 Å². The van der Waals surface area contributed by atoms with Gasteiger partial charge in [0.25, 0.3) is 5.91 Å². The van der Waals surface area contributed by atoms with Gasteiger partial charge in [0, 0.05) is 38.4 Å². The number of nitrogens with zero attached hydrogens (tertiary/aromatic N) is 2. The smallest absolute Gasteiger partial charge is 0.254 e. The number of benzene rings is 3. The van der Waals surface area contributed by atoms with Crippen molar-refractivity contribution >= 4 is 11.6 Å². The summed E-state index contributed by atoms with van der Waals surface area (Å²) in [5, 5.41) is 0. The lowest BCUT2D eigenvalue weighted by molar-refractivity contribution is 0.0730. The molecular weight excluding hydrogens is 332 g/mol. The largest absolute Gasteiger partial charge is 0.378 e. The highest BCUT2D eigenvalue weighted by Crippen LogP contribution is 2.17. The van der Waals surface area contributed by atoms with Crippen molar-refractivity contribution in [3.63, 3.8) is 0 Å². The van der Waals surface area contributed by atoms with E-state index in [1.807, 2.05) is 68.4 Å². The summed E-state index contributed by atoms with van der Waals surface area (Å²) in [7, 11) is 4.05. The molecule has 0 atom stereocenters. The van der Waals surface area contributed by atoms with Crippen LogP contribution < -0.4 is 4.90 Å². The SMILES string of the molecule is Cc1ccc(C(=O)N(Cc2ccccc2)Cc2ccc(N(C)C)cc2)cc1. The van der Waals surface area contributed by atoms with Crippen LogP contribution in [0.2, 0.25) is 0 Å². The first-order valence-electron chi connectivity index (χ1n) is 9.19. The third kappa shape index (κ3) is 4.98. The van der Waals surface area contributed by atoms with E-state index in [0.29, 0.717) is 13.1 Å². The maximum Gasteiger partial charge on any atom is 0.254 e. The fourth-order valence-corrected chi connectivity index (χ4v) is 3.00. The number of anilines is 1. The number of aryl methyl sites for hydroxylation is 1. The molecule has 0 unspecified atom stereocenters. The molecule has 0 bridgehead atoms. The van der Waals surface area contributed by atoms with E-state index in [2.05, 4.69) is 41.3 Å². The van der Waals surface area contributed by atoms with Gasteiger partial charge < -0.3 is 9.80 Å². The van der Waals surface area contributed by atoms with Crippen molar-refractivity contribution in [2.45, 2.75) is 20.0 Å². The Morgan fingerprint density at radius 3 is 1.85 bits per heavy atom. The van der Waals surface area contributed by atoms with Crippen molar-refractivity contribution in [3.05, 3.63) is 101 Å². The summed E-state index contributed by atoms with van der Waals surface area (Å²) < 4.78 is 0. The predicted molar refractivity (Wildman–Crippen MR) is 112 cm³/mol. The molecule has 0 aliphatic heterocycles. The molecule has 138 valence electrons. The summed E-state index contributed by atoms with van der Waals surface area (Å²) in [5.74, 6) is 0.0514. The van der Waals surface area contributed by atoms with Gasteiger partial charge in [-0.15, -0.1) is 0 Å². The minimum atomic E-state index is 0.0514. The molecule has 0 radical (unpaired) electrons. The number of carbonyl (C=O) groups excluding carboxylic acids is 1. The zero-order chi connectivity index (χ0) is 19.2. The lowest BCUT2D eigenvalue weighted by Crippen LogP contribution is -2.30.